The number of nitrogens with zero attached hydrogens (tertiary/aromatic N) is 2. The minimum atomic E-state index is -3.59. The van der Waals surface area contributed by atoms with E-state index in [4.69, 9.17) is 0 Å². The molecule has 0 bridgehead atoms. The number of aromatic amines is 1. The van der Waals surface area contributed by atoms with Crippen LogP contribution in [-0.4, -0.2) is 36.1 Å². The van der Waals surface area contributed by atoms with Crippen molar-refractivity contribution in [1.29, 1.82) is 0 Å². The average molecular weight is 355 g/mol. The van der Waals surface area contributed by atoms with Crippen molar-refractivity contribution in [3.05, 3.63) is 57.0 Å². The molecule has 1 aromatic carbocycles. The quantitative estimate of drug-likeness (QED) is 0.831. The van der Waals surface area contributed by atoms with Crippen molar-refractivity contribution in [2.45, 2.75) is 24.7 Å². The Morgan fingerprint density at radius 1 is 1.29 bits per heavy atom. The van der Waals surface area contributed by atoms with Gasteiger partial charge in [-0.05, 0) is 17.7 Å². The van der Waals surface area contributed by atoms with Gasteiger partial charge in [-0.3, -0.25) is 14.7 Å². The zero-order valence-electron chi connectivity index (χ0n) is 12.8. The van der Waals surface area contributed by atoms with Gasteiger partial charge in [0.1, 0.15) is 0 Å². The number of aromatic nitrogens is 2. The maximum atomic E-state index is 13.3. The third-order valence-electron chi connectivity index (χ3n) is 3.87. The van der Waals surface area contributed by atoms with Crippen molar-refractivity contribution >= 4 is 9.84 Å². The number of H-pyrrole nitrogens is 1. The topological polar surface area (TPSA) is 83.1 Å². The first kappa shape index (κ1) is 16.7. The second-order valence-corrected chi connectivity index (χ2v) is 7.71. The molecule has 2 heterocycles. The molecular weight excluding hydrogens is 340 g/mol. The third-order valence-corrected chi connectivity index (χ3v) is 4.76. The molecule has 128 valence electrons. The molecule has 0 radical (unpaired) electrons. The molecule has 0 saturated heterocycles. The Balaban J connectivity index is 1.84. The predicted molar refractivity (Wildman–Crippen MR) is 82.1 cm³/mol. The fourth-order valence-corrected chi connectivity index (χ4v) is 3.22. The lowest BCUT2D eigenvalue weighted by Gasteiger charge is -2.27. The molecule has 0 spiro atoms. The molecule has 1 N–H and O–H groups in total. The molecule has 0 aliphatic carbocycles. The number of rotatable bonds is 3. The zero-order chi connectivity index (χ0) is 17.5. The van der Waals surface area contributed by atoms with E-state index in [-0.39, 0.29) is 11.7 Å². The summed E-state index contributed by atoms with van der Waals surface area (Å²) in [5.74, 6) is -1.82. The number of halogens is 2. The Hall–Kier alpha value is -2.13. The van der Waals surface area contributed by atoms with Crippen LogP contribution < -0.4 is 5.56 Å². The molecule has 24 heavy (non-hydrogen) atoms. The van der Waals surface area contributed by atoms with Crippen LogP contribution in [0, 0.1) is 11.6 Å². The van der Waals surface area contributed by atoms with Gasteiger partial charge in [-0.25, -0.2) is 22.2 Å². The molecule has 1 aromatic heterocycles. The molecule has 6 nitrogen and oxygen atoms in total. The molecule has 3 rings (SSSR count). The predicted octanol–water partition coefficient (Wildman–Crippen LogP) is 1.01. The number of hydrogen-bond donors (Lipinski definition) is 1. The van der Waals surface area contributed by atoms with E-state index in [0.29, 0.717) is 36.3 Å². The molecule has 1 aliphatic rings. The van der Waals surface area contributed by atoms with Gasteiger partial charge in [0.2, 0.25) is 15.0 Å². The monoisotopic (exact) mass is 355 g/mol. The number of nitrogens with one attached hydrogen (secondary N) is 1. The van der Waals surface area contributed by atoms with Crippen LogP contribution in [0.3, 0.4) is 0 Å². The standard InChI is InChI=1S/C15H15F2N3O3S/c1-24(22,23)15-18-13-4-5-20(8-10(13)14(21)19-15)7-9-2-3-11(16)12(17)6-9/h2-3,6H,4-5,7-8H2,1H3,(H,18,19,21). The highest BCUT2D eigenvalue weighted by molar-refractivity contribution is 7.90. The van der Waals surface area contributed by atoms with E-state index >= 15 is 0 Å². The van der Waals surface area contributed by atoms with E-state index in [2.05, 4.69) is 9.97 Å². The molecule has 1 aliphatic heterocycles. The summed E-state index contributed by atoms with van der Waals surface area (Å²) >= 11 is 0. The van der Waals surface area contributed by atoms with E-state index in [9.17, 15) is 22.0 Å². The second-order valence-electron chi connectivity index (χ2n) is 5.78. The van der Waals surface area contributed by atoms with Crippen LogP contribution in [0.4, 0.5) is 8.78 Å². The lowest BCUT2D eigenvalue weighted by atomic mass is 10.1. The van der Waals surface area contributed by atoms with Crippen LogP contribution in [0.25, 0.3) is 0 Å². The number of sulfone groups is 1. The summed E-state index contributed by atoms with van der Waals surface area (Å²) in [6, 6.07) is 3.68. The van der Waals surface area contributed by atoms with Crippen molar-refractivity contribution in [3.63, 3.8) is 0 Å². The van der Waals surface area contributed by atoms with Crippen LogP contribution in [0.1, 0.15) is 16.8 Å². The van der Waals surface area contributed by atoms with Gasteiger partial charge in [-0.1, -0.05) is 6.07 Å². The van der Waals surface area contributed by atoms with Crippen molar-refractivity contribution in [1.82, 2.24) is 14.9 Å². The van der Waals surface area contributed by atoms with Crippen LogP contribution in [0.2, 0.25) is 0 Å². The molecule has 0 unspecified atom stereocenters. The van der Waals surface area contributed by atoms with Crippen molar-refractivity contribution in [2.24, 2.45) is 0 Å². The lowest BCUT2D eigenvalue weighted by Crippen LogP contribution is -2.36. The Morgan fingerprint density at radius 3 is 2.71 bits per heavy atom. The first-order chi connectivity index (χ1) is 11.2. The molecule has 9 heteroatoms. The highest BCUT2D eigenvalue weighted by Crippen LogP contribution is 2.18. The molecular formula is C15H15F2N3O3S. The number of hydrogen-bond acceptors (Lipinski definition) is 5. The van der Waals surface area contributed by atoms with Gasteiger partial charge in [0.25, 0.3) is 5.56 Å². The van der Waals surface area contributed by atoms with Gasteiger partial charge in [-0.2, -0.15) is 0 Å². The van der Waals surface area contributed by atoms with Gasteiger partial charge < -0.3 is 0 Å². The highest BCUT2D eigenvalue weighted by atomic mass is 32.2. The average Bonchev–Trinajstić information content (AvgIpc) is 2.50. The van der Waals surface area contributed by atoms with Crippen molar-refractivity contribution < 1.29 is 17.2 Å². The van der Waals surface area contributed by atoms with Crippen LogP contribution in [0.5, 0.6) is 0 Å². The van der Waals surface area contributed by atoms with E-state index < -0.39 is 27.0 Å². The Kier molecular flexibility index (Phi) is 4.22. The van der Waals surface area contributed by atoms with Crippen molar-refractivity contribution in [2.75, 3.05) is 12.8 Å². The van der Waals surface area contributed by atoms with E-state index in [1.807, 2.05) is 4.90 Å². The van der Waals surface area contributed by atoms with E-state index in [1.165, 1.54) is 6.07 Å². The molecule has 0 amide bonds. The van der Waals surface area contributed by atoms with Crippen LogP contribution in [-0.2, 0) is 29.3 Å². The highest BCUT2D eigenvalue weighted by Gasteiger charge is 2.23. The normalized spacial score (nSPS) is 15.3. The van der Waals surface area contributed by atoms with Crippen molar-refractivity contribution in [3.8, 4) is 0 Å². The molecule has 2 aromatic rings. The lowest BCUT2D eigenvalue weighted by molar-refractivity contribution is 0.240. The summed E-state index contributed by atoms with van der Waals surface area (Å²) < 4.78 is 49.3. The summed E-state index contributed by atoms with van der Waals surface area (Å²) in [5.41, 5.74) is 0.960. The van der Waals surface area contributed by atoms with E-state index in [1.54, 1.807) is 0 Å². The van der Waals surface area contributed by atoms with Gasteiger partial charge in [-0.15, -0.1) is 0 Å². The molecule has 0 fully saturated rings. The van der Waals surface area contributed by atoms with E-state index in [0.717, 1.165) is 18.4 Å². The Morgan fingerprint density at radius 2 is 2.04 bits per heavy atom. The first-order valence-corrected chi connectivity index (χ1v) is 9.11. The van der Waals surface area contributed by atoms with Gasteiger partial charge in [0.15, 0.2) is 11.6 Å². The SMILES string of the molecule is CS(=O)(=O)c1nc2c(c(=O)[nH]1)CN(Cc1ccc(F)c(F)c1)CC2. The summed E-state index contributed by atoms with van der Waals surface area (Å²) in [6.07, 6.45) is 1.39. The summed E-state index contributed by atoms with van der Waals surface area (Å²) in [5, 5.41) is -0.333. The molecule has 0 saturated carbocycles. The summed E-state index contributed by atoms with van der Waals surface area (Å²) in [7, 11) is -3.59. The smallest absolute Gasteiger partial charge is 0.256 e. The first-order valence-electron chi connectivity index (χ1n) is 7.22. The fraction of sp³-hybridized carbons (Fsp3) is 0.333. The third kappa shape index (κ3) is 3.36. The zero-order valence-corrected chi connectivity index (χ0v) is 13.7. The molecule has 0 atom stereocenters. The maximum Gasteiger partial charge on any atom is 0.256 e. The largest absolute Gasteiger partial charge is 0.297 e. The minimum absolute atomic E-state index is 0.265. The van der Waals surface area contributed by atoms with Crippen LogP contribution in [0.15, 0.2) is 28.2 Å². The Labute approximate surface area is 137 Å². The number of fused-ring (bicyclic) bond motifs is 1. The second kappa shape index (κ2) is 6.06. The fourth-order valence-electron chi connectivity index (χ4n) is 2.66. The summed E-state index contributed by atoms with van der Waals surface area (Å²) in [4.78, 5) is 20.3. The van der Waals surface area contributed by atoms with Crippen LogP contribution >= 0.6 is 0 Å². The van der Waals surface area contributed by atoms with Gasteiger partial charge >= 0.3 is 0 Å². The number of benzene rings is 1. The Bertz CT molecular complexity index is 957. The summed E-state index contributed by atoms with van der Waals surface area (Å²) in [6.45, 7) is 1.15. The minimum Gasteiger partial charge on any atom is -0.297 e. The van der Waals surface area contributed by atoms with Gasteiger partial charge in [0, 0.05) is 32.3 Å². The maximum absolute atomic E-state index is 13.3. The van der Waals surface area contributed by atoms with Gasteiger partial charge in [0.05, 0.1) is 11.3 Å².